The van der Waals surface area contributed by atoms with Crippen molar-refractivity contribution < 1.29 is 0 Å². The normalized spacial score (nSPS) is 15.8. The average molecular weight is 148 g/mol. The summed E-state index contributed by atoms with van der Waals surface area (Å²) in [6.45, 7) is 1.93. The molecule has 52 valence electrons. The molecule has 3 N–H and O–H groups in total. The van der Waals surface area contributed by atoms with Crippen LogP contribution in [0.1, 0.15) is 6.92 Å². The van der Waals surface area contributed by atoms with Crippen LogP contribution in [-0.4, -0.2) is 5.12 Å². The van der Waals surface area contributed by atoms with Crippen LogP contribution in [0.15, 0.2) is 24.0 Å². The standard InChI is InChI=1S/C5H9N3.ClH/c1-5-3-2-4-7-8(5)6;/h2-4,7H,6H2,1H3;1H. The van der Waals surface area contributed by atoms with Crippen molar-refractivity contribution in [3.8, 4) is 0 Å². The molecule has 1 aliphatic rings. The van der Waals surface area contributed by atoms with Crippen molar-refractivity contribution in [3.63, 3.8) is 0 Å². The van der Waals surface area contributed by atoms with Gasteiger partial charge in [-0.15, -0.1) is 12.4 Å². The van der Waals surface area contributed by atoms with E-state index in [1.165, 1.54) is 5.12 Å². The summed E-state index contributed by atoms with van der Waals surface area (Å²) in [5, 5.41) is 1.46. The molecule has 0 fully saturated rings. The summed E-state index contributed by atoms with van der Waals surface area (Å²) in [6, 6.07) is 0. The van der Waals surface area contributed by atoms with Crippen molar-refractivity contribution >= 4 is 12.4 Å². The Morgan fingerprint density at radius 3 is 2.67 bits per heavy atom. The molecule has 4 heteroatoms. The van der Waals surface area contributed by atoms with Crippen LogP contribution in [0, 0.1) is 0 Å². The van der Waals surface area contributed by atoms with Gasteiger partial charge in [0.1, 0.15) is 0 Å². The van der Waals surface area contributed by atoms with Crippen LogP contribution < -0.4 is 11.3 Å². The predicted octanol–water partition coefficient (Wildman–Crippen LogP) is 0.520. The molecule has 0 saturated carbocycles. The largest absolute Gasteiger partial charge is 0.292 e. The van der Waals surface area contributed by atoms with Gasteiger partial charge in [0.2, 0.25) is 0 Å². The molecule has 1 aliphatic heterocycles. The van der Waals surface area contributed by atoms with E-state index in [1.807, 2.05) is 19.1 Å². The summed E-state index contributed by atoms with van der Waals surface area (Å²) in [4.78, 5) is 0. The lowest BCUT2D eigenvalue weighted by atomic mass is 10.4. The highest BCUT2D eigenvalue weighted by Crippen LogP contribution is 1.97. The summed E-state index contributed by atoms with van der Waals surface area (Å²) < 4.78 is 0. The average Bonchev–Trinajstić information content (AvgIpc) is 1.77. The van der Waals surface area contributed by atoms with E-state index in [0.29, 0.717) is 0 Å². The number of rotatable bonds is 0. The maximum Gasteiger partial charge on any atom is 0.0497 e. The van der Waals surface area contributed by atoms with Crippen LogP contribution in [0.25, 0.3) is 0 Å². The molecular formula is C5H10ClN3. The zero-order chi connectivity index (χ0) is 5.98. The van der Waals surface area contributed by atoms with E-state index >= 15 is 0 Å². The number of allylic oxidation sites excluding steroid dienone is 3. The molecule has 0 amide bonds. The van der Waals surface area contributed by atoms with E-state index in [-0.39, 0.29) is 12.4 Å². The maximum absolute atomic E-state index is 5.38. The third kappa shape index (κ3) is 1.95. The lowest BCUT2D eigenvalue weighted by Gasteiger charge is -2.20. The van der Waals surface area contributed by atoms with Crippen LogP contribution in [0.4, 0.5) is 0 Å². The summed E-state index contributed by atoms with van der Waals surface area (Å²) >= 11 is 0. The van der Waals surface area contributed by atoms with Gasteiger partial charge in [-0.2, -0.15) is 0 Å². The molecule has 0 spiro atoms. The SMILES string of the molecule is CC1=CC=CNN1N.Cl. The number of halogens is 1. The third-order valence-electron chi connectivity index (χ3n) is 1.03. The Morgan fingerprint density at radius 1 is 1.67 bits per heavy atom. The number of hydrogen-bond donors (Lipinski definition) is 2. The molecule has 9 heavy (non-hydrogen) atoms. The van der Waals surface area contributed by atoms with Gasteiger partial charge < -0.3 is 0 Å². The molecule has 1 rings (SSSR count). The fourth-order valence-corrected chi connectivity index (χ4v) is 0.493. The van der Waals surface area contributed by atoms with E-state index in [0.717, 1.165) is 5.70 Å². The Labute approximate surface area is 60.6 Å². The van der Waals surface area contributed by atoms with E-state index in [1.54, 1.807) is 6.20 Å². The number of nitrogens with one attached hydrogen (secondary N) is 1. The van der Waals surface area contributed by atoms with Gasteiger partial charge in [-0.05, 0) is 19.1 Å². The first kappa shape index (κ1) is 8.33. The molecule has 0 bridgehead atoms. The minimum atomic E-state index is 0. The van der Waals surface area contributed by atoms with Crippen molar-refractivity contribution in [1.29, 1.82) is 0 Å². The first-order chi connectivity index (χ1) is 3.80. The molecule has 0 radical (unpaired) electrons. The minimum absolute atomic E-state index is 0. The van der Waals surface area contributed by atoms with E-state index < -0.39 is 0 Å². The van der Waals surface area contributed by atoms with Crippen molar-refractivity contribution in [2.24, 2.45) is 5.84 Å². The Hall–Kier alpha value is -0.670. The molecule has 0 aromatic carbocycles. The fourth-order valence-electron chi connectivity index (χ4n) is 0.493. The van der Waals surface area contributed by atoms with Gasteiger partial charge in [-0.1, -0.05) is 0 Å². The predicted molar refractivity (Wildman–Crippen MR) is 39.3 cm³/mol. The molecule has 1 heterocycles. The maximum atomic E-state index is 5.38. The Balaban J connectivity index is 0.000000640. The van der Waals surface area contributed by atoms with E-state index in [9.17, 15) is 0 Å². The van der Waals surface area contributed by atoms with Gasteiger partial charge in [-0.25, -0.2) is 11.0 Å². The first-order valence-electron chi connectivity index (χ1n) is 2.45. The quantitative estimate of drug-likeness (QED) is 0.491. The van der Waals surface area contributed by atoms with Crippen LogP contribution in [0.2, 0.25) is 0 Å². The van der Waals surface area contributed by atoms with Gasteiger partial charge in [0.05, 0.1) is 0 Å². The van der Waals surface area contributed by atoms with Crippen LogP contribution >= 0.6 is 12.4 Å². The Kier molecular flexibility index (Phi) is 3.12. The Morgan fingerprint density at radius 2 is 2.33 bits per heavy atom. The second kappa shape index (κ2) is 3.37. The van der Waals surface area contributed by atoms with Crippen LogP contribution in [0.5, 0.6) is 0 Å². The van der Waals surface area contributed by atoms with Crippen LogP contribution in [0.3, 0.4) is 0 Å². The third-order valence-corrected chi connectivity index (χ3v) is 1.03. The summed E-state index contributed by atoms with van der Waals surface area (Å²) in [5.74, 6) is 5.38. The monoisotopic (exact) mass is 147 g/mol. The zero-order valence-corrected chi connectivity index (χ0v) is 5.98. The van der Waals surface area contributed by atoms with Crippen molar-refractivity contribution in [1.82, 2.24) is 10.5 Å². The number of hydrogen-bond acceptors (Lipinski definition) is 3. The topological polar surface area (TPSA) is 41.3 Å². The highest BCUT2D eigenvalue weighted by Gasteiger charge is 1.95. The Bertz CT molecular complexity index is 141. The minimum Gasteiger partial charge on any atom is -0.292 e. The van der Waals surface area contributed by atoms with Gasteiger partial charge >= 0.3 is 0 Å². The zero-order valence-electron chi connectivity index (χ0n) is 5.16. The molecule has 0 saturated heterocycles. The molecule has 0 atom stereocenters. The van der Waals surface area contributed by atoms with Crippen molar-refractivity contribution in [2.75, 3.05) is 0 Å². The number of nitrogens with two attached hydrogens (primary N) is 1. The number of nitrogens with zero attached hydrogens (tertiary/aromatic N) is 1. The number of hydrazine groups is 2. The summed E-state index contributed by atoms with van der Waals surface area (Å²) in [7, 11) is 0. The van der Waals surface area contributed by atoms with Crippen molar-refractivity contribution in [3.05, 3.63) is 24.0 Å². The first-order valence-corrected chi connectivity index (χ1v) is 2.45. The smallest absolute Gasteiger partial charge is 0.0497 e. The van der Waals surface area contributed by atoms with E-state index in [2.05, 4.69) is 5.43 Å². The van der Waals surface area contributed by atoms with Gasteiger partial charge in [0.15, 0.2) is 0 Å². The second-order valence-electron chi connectivity index (χ2n) is 1.67. The lowest BCUT2D eigenvalue weighted by molar-refractivity contribution is 0.294. The summed E-state index contributed by atoms with van der Waals surface area (Å²) in [6.07, 6.45) is 5.60. The van der Waals surface area contributed by atoms with Crippen molar-refractivity contribution in [2.45, 2.75) is 6.92 Å². The molecule has 0 aromatic rings. The fraction of sp³-hybridized carbons (Fsp3) is 0.200. The van der Waals surface area contributed by atoms with Gasteiger partial charge in [0, 0.05) is 11.9 Å². The summed E-state index contributed by atoms with van der Waals surface area (Å²) in [5.41, 5.74) is 3.80. The molecule has 0 aliphatic carbocycles. The highest BCUT2D eigenvalue weighted by atomic mass is 35.5. The highest BCUT2D eigenvalue weighted by molar-refractivity contribution is 5.85. The molecule has 3 nitrogen and oxygen atoms in total. The van der Waals surface area contributed by atoms with Gasteiger partial charge in [-0.3, -0.25) is 5.43 Å². The molecule has 0 unspecified atom stereocenters. The lowest BCUT2D eigenvalue weighted by Crippen LogP contribution is -2.39. The molecule has 0 aromatic heterocycles. The van der Waals surface area contributed by atoms with E-state index in [4.69, 9.17) is 5.84 Å². The second-order valence-corrected chi connectivity index (χ2v) is 1.67. The van der Waals surface area contributed by atoms with Crippen LogP contribution in [-0.2, 0) is 0 Å². The van der Waals surface area contributed by atoms with Gasteiger partial charge in [0.25, 0.3) is 0 Å². The molecular weight excluding hydrogens is 138 g/mol.